The average Bonchev–Trinajstić information content (AvgIpc) is 2.15. The van der Waals surface area contributed by atoms with E-state index in [2.05, 4.69) is 0 Å². The number of rotatable bonds is 2. The van der Waals surface area contributed by atoms with Crippen molar-refractivity contribution in [2.24, 2.45) is 0 Å². The van der Waals surface area contributed by atoms with Crippen LogP contribution in [-0.2, 0) is 4.79 Å². The highest BCUT2D eigenvalue weighted by Gasteiger charge is 2.11. The third-order valence-electron chi connectivity index (χ3n) is 1.77. The van der Waals surface area contributed by atoms with Crippen LogP contribution in [-0.4, -0.2) is 11.1 Å². The molecule has 0 saturated carbocycles. The van der Waals surface area contributed by atoms with E-state index in [1.165, 1.54) is 25.1 Å². The van der Waals surface area contributed by atoms with Crippen molar-refractivity contribution in [1.29, 1.82) is 0 Å². The van der Waals surface area contributed by atoms with E-state index in [0.717, 1.165) is 6.07 Å². The average molecular weight is 198 g/mol. The third kappa shape index (κ3) is 2.16. The fraction of sp³-hybridized carbons (Fsp3) is 0.100. The zero-order chi connectivity index (χ0) is 10.7. The molecule has 4 heteroatoms. The van der Waals surface area contributed by atoms with Gasteiger partial charge in [-0.3, -0.25) is 0 Å². The Balaban J connectivity index is 3.18. The summed E-state index contributed by atoms with van der Waals surface area (Å²) in [4.78, 5) is 10.3. The summed E-state index contributed by atoms with van der Waals surface area (Å²) in [5, 5.41) is 8.36. The van der Waals surface area contributed by atoms with Gasteiger partial charge in [-0.25, -0.2) is 9.18 Å². The Labute approximate surface area is 79.5 Å². The van der Waals surface area contributed by atoms with Crippen LogP contribution in [0.5, 0.6) is 0 Å². The number of hydrogen-bond acceptors (Lipinski definition) is 1. The SMILES string of the molecule is CC(=C(F)C(=O)O)c1cccc(F)c1. The minimum Gasteiger partial charge on any atom is -0.476 e. The zero-order valence-corrected chi connectivity index (χ0v) is 7.42. The first-order chi connectivity index (χ1) is 6.52. The van der Waals surface area contributed by atoms with E-state index in [0.29, 0.717) is 0 Å². The molecule has 0 aliphatic carbocycles. The summed E-state index contributed by atoms with van der Waals surface area (Å²) in [6, 6.07) is 5.12. The van der Waals surface area contributed by atoms with Crippen molar-refractivity contribution in [3.8, 4) is 0 Å². The maximum Gasteiger partial charge on any atom is 0.365 e. The van der Waals surface area contributed by atoms with E-state index in [-0.39, 0.29) is 11.1 Å². The summed E-state index contributed by atoms with van der Waals surface area (Å²) < 4.78 is 25.6. The first kappa shape index (κ1) is 10.4. The quantitative estimate of drug-likeness (QED) is 0.741. The van der Waals surface area contributed by atoms with Crippen LogP contribution in [0.2, 0.25) is 0 Å². The van der Waals surface area contributed by atoms with Crippen molar-refractivity contribution in [3.05, 3.63) is 41.5 Å². The number of carboxylic acids is 1. The van der Waals surface area contributed by atoms with Gasteiger partial charge >= 0.3 is 5.97 Å². The molecule has 1 N–H and O–H groups in total. The van der Waals surface area contributed by atoms with Gasteiger partial charge in [0.15, 0.2) is 0 Å². The summed E-state index contributed by atoms with van der Waals surface area (Å²) in [5.74, 6) is -3.44. The minimum atomic E-state index is -1.65. The number of carbonyl (C=O) groups is 1. The lowest BCUT2D eigenvalue weighted by Gasteiger charge is -2.01. The van der Waals surface area contributed by atoms with Crippen LogP contribution < -0.4 is 0 Å². The molecule has 0 aromatic heterocycles. The van der Waals surface area contributed by atoms with Gasteiger partial charge in [0.1, 0.15) is 5.82 Å². The molecule has 0 unspecified atom stereocenters. The number of benzene rings is 1. The first-order valence-electron chi connectivity index (χ1n) is 3.88. The predicted octanol–water partition coefficient (Wildman–Crippen LogP) is 2.61. The molecule has 1 aromatic rings. The summed E-state index contributed by atoms with van der Waals surface area (Å²) in [5.41, 5.74) is 0.141. The second-order valence-corrected chi connectivity index (χ2v) is 2.75. The fourth-order valence-corrected chi connectivity index (χ4v) is 1.01. The standard InChI is InChI=1S/C10H8F2O2/c1-6(9(12)10(13)14)7-3-2-4-8(11)5-7/h2-5H,1H3,(H,13,14). The van der Waals surface area contributed by atoms with E-state index in [1.807, 2.05) is 0 Å². The van der Waals surface area contributed by atoms with Gasteiger partial charge < -0.3 is 5.11 Å². The number of carboxylic acid groups (broad SMARTS) is 1. The lowest BCUT2D eigenvalue weighted by atomic mass is 10.1. The third-order valence-corrected chi connectivity index (χ3v) is 1.77. The van der Waals surface area contributed by atoms with Gasteiger partial charge in [0.25, 0.3) is 0 Å². The van der Waals surface area contributed by atoms with Crippen LogP contribution in [0.1, 0.15) is 12.5 Å². The molecule has 0 atom stereocenters. The first-order valence-corrected chi connectivity index (χ1v) is 3.88. The highest BCUT2D eigenvalue weighted by atomic mass is 19.1. The van der Waals surface area contributed by atoms with E-state index in [4.69, 9.17) is 5.11 Å². The van der Waals surface area contributed by atoms with Crippen molar-refractivity contribution >= 4 is 11.5 Å². The zero-order valence-electron chi connectivity index (χ0n) is 7.42. The summed E-state index contributed by atoms with van der Waals surface area (Å²) in [6.07, 6.45) is 0. The molecule has 0 aliphatic heterocycles. The van der Waals surface area contributed by atoms with Gasteiger partial charge in [-0.15, -0.1) is 0 Å². The molecular formula is C10H8F2O2. The Morgan fingerprint density at radius 1 is 1.43 bits per heavy atom. The number of hydrogen-bond donors (Lipinski definition) is 1. The van der Waals surface area contributed by atoms with Crippen molar-refractivity contribution in [2.45, 2.75) is 6.92 Å². The summed E-state index contributed by atoms with van der Waals surface area (Å²) in [7, 11) is 0. The van der Waals surface area contributed by atoms with Gasteiger partial charge in [-0.1, -0.05) is 12.1 Å². The Hall–Kier alpha value is -1.71. The molecule has 1 aromatic carbocycles. The molecule has 2 nitrogen and oxygen atoms in total. The summed E-state index contributed by atoms with van der Waals surface area (Å²) >= 11 is 0. The highest BCUT2D eigenvalue weighted by molar-refractivity contribution is 5.93. The van der Waals surface area contributed by atoms with Crippen molar-refractivity contribution < 1.29 is 18.7 Å². The molecule has 0 heterocycles. The van der Waals surface area contributed by atoms with Gasteiger partial charge in [-0.05, 0) is 30.2 Å². The van der Waals surface area contributed by atoms with E-state index < -0.39 is 17.6 Å². The lowest BCUT2D eigenvalue weighted by molar-refractivity contribution is -0.134. The van der Waals surface area contributed by atoms with Crippen molar-refractivity contribution in [2.75, 3.05) is 0 Å². The van der Waals surface area contributed by atoms with Crippen LogP contribution in [0.4, 0.5) is 8.78 Å². The van der Waals surface area contributed by atoms with E-state index >= 15 is 0 Å². The monoisotopic (exact) mass is 198 g/mol. The Morgan fingerprint density at radius 3 is 2.57 bits per heavy atom. The lowest BCUT2D eigenvalue weighted by Crippen LogP contribution is -1.98. The van der Waals surface area contributed by atoms with Crippen LogP contribution in [0.3, 0.4) is 0 Å². The van der Waals surface area contributed by atoms with Crippen LogP contribution in [0.25, 0.3) is 5.57 Å². The Kier molecular flexibility index (Phi) is 2.96. The Bertz CT molecular complexity index is 397. The van der Waals surface area contributed by atoms with Crippen molar-refractivity contribution in [1.82, 2.24) is 0 Å². The molecule has 0 saturated heterocycles. The van der Waals surface area contributed by atoms with E-state index in [9.17, 15) is 13.6 Å². The topological polar surface area (TPSA) is 37.3 Å². The molecule has 0 fully saturated rings. The molecular weight excluding hydrogens is 190 g/mol. The van der Waals surface area contributed by atoms with Gasteiger partial charge in [0.2, 0.25) is 5.83 Å². The predicted molar refractivity (Wildman–Crippen MR) is 47.7 cm³/mol. The number of allylic oxidation sites excluding steroid dienone is 1. The molecule has 14 heavy (non-hydrogen) atoms. The maximum absolute atomic E-state index is 12.9. The maximum atomic E-state index is 12.9. The number of halogens is 2. The Morgan fingerprint density at radius 2 is 2.07 bits per heavy atom. The highest BCUT2D eigenvalue weighted by Crippen LogP contribution is 2.19. The normalized spacial score (nSPS) is 12.2. The van der Waals surface area contributed by atoms with Gasteiger partial charge in [-0.2, -0.15) is 4.39 Å². The second-order valence-electron chi connectivity index (χ2n) is 2.75. The van der Waals surface area contributed by atoms with Crippen molar-refractivity contribution in [3.63, 3.8) is 0 Å². The smallest absolute Gasteiger partial charge is 0.365 e. The summed E-state index contributed by atoms with van der Waals surface area (Å²) in [6.45, 7) is 1.29. The second kappa shape index (κ2) is 4.00. The molecule has 1 rings (SSSR count). The van der Waals surface area contributed by atoms with Crippen LogP contribution >= 0.6 is 0 Å². The minimum absolute atomic E-state index is 0.0861. The van der Waals surface area contributed by atoms with Gasteiger partial charge in [0.05, 0.1) is 0 Å². The van der Waals surface area contributed by atoms with Gasteiger partial charge in [0, 0.05) is 0 Å². The molecule has 0 bridgehead atoms. The molecule has 0 amide bonds. The molecule has 0 radical (unpaired) electrons. The van der Waals surface area contributed by atoms with Crippen LogP contribution in [0.15, 0.2) is 30.1 Å². The van der Waals surface area contributed by atoms with Crippen LogP contribution in [0, 0.1) is 5.82 Å². The number of aliphatic carboxylic acids is 1. The molecule has 0 spiro atoms. The fourth-order valence-electron chi connectivity index (χ4n) is 1.01. The molecule has 0 aliphatic rings. The molecule has 74 valence electrons. The van der Waals surface area contributed by atoms with E-state index in [1.54, 1.807) is 0 Å². The largest absolute Gasteiger partial charge is 0.476 e.